The van der Waals surface area contributed by atoms with E-state index in [4.69, 9.17) is 4.98 Å². The number of amides is 1. The number of carbonyl (C=O) groups excluding carboxylic acids is 1. The molecule has 0 aliphatic carbocycles. The van der Waals surface area contributed by atoms with Crippen LogP contribution in [0.25, 0.3) is 11.3 Å². The fraction of sp³-hybridized carbons (Fsp3) is 0.636. The van der Waals surface area contributed by atoms with Gasteiger partial charge >= 0.3 is 0 Å². The number of anilines is 1. The lowest BCUT2D eigenvalue weighted by molar-refractivity contribution is -0.136. The zero-order valence-electron chi connectivity index (χ0n) is 17.8. The van der Waals surface area contributed by atoms with E-state index >= 15 is 0 Å². The van der Waals surface area contributed by atoms with Gasteiger partial charge in [-0.2, -0.15) is 5.10 Å². The van der Waals surface area contributed by atoms with Crippen LogP contribution in [0.3, 0.4) is 0 Å². The van der Waals surface area contributed by atoms with E-state index in [1.165, 1.54) is 12.8 Å². The Bertz CT molecular complexity index is 853. The van der Waals surface area contributed by atoms with Crippen molar-refractivity contribution in [2.75, 3.05) is 24.5 Å². The van der Waals surface area contributed by atoms with Gasteiger partial charge < -0.3 is 9.80 Å². The number of carbonyl (C=O) groups is 1. The van der Waals surface area contributed by atoms with Gasteiger partial charge in [0.15, 0.2) is 0 Å². The summed E-state index contributed by atoms with van der Waals surface area (Å²) < 4.78 is 1.93. The lowest BCUT2D eigenvalue weighted by Gasteiger charge is -2.29. The Hall–Kier alpha value is -2.44. The number of nitrogens with zero attached hydrogens (tertiary/aromatic N) is 6. The first-order valence-corrected chi connectivity index (χ1v) is 11.0. The number of aryl methyl sites for hydroxylation is 1. The number of likely N-dealkylation sites (tertiary alicyclic amines) is 1. The molecule has 2 saturated heterocycles. The molecule has 1 atom stereocenters. The minimum atomic E-state index is 0.0656. The predicted octanol–water partition coefficient (Wildman–Crippen LogP) is 3.58. The van der Waals surface area contributed by atoms with Gasteiger partial charge in [0.25, 0.3) is 0 Å². The molecule has 0 aromatic carbocycles. The summed E-state index contributed by atoms with van der Waals surface area (Å²) in [5.74, 6) is 1.18. The molecule has 156 valence electrons. The SMILES string of the molecule is CCC(CC)C(=O)N1CCC[C@@H]1c1c(-c2ccnc(N3CCCC3)n2)cnn1C. The lowest BCUT2D eigenvalue weighted by Crippen LogP contribution is -2.36. The van der Waals surface area contributed by atoms with E-state index in [0.29, 0.717) is 0 Å². The molecular formula is C22H32N6O. The molecule has 2 aromatic rings. The van der Waals surface area contributed by atoms with Crippen molar-refractivity contribution >= 4 is 11.9 Å². The van der Waals surface area contributed by atoms with E-state index < -0.39 is 0 Å². The molecule has 4 rings (SSSR count). The van der Waals surface area contributed by atoms with Gasteiger partial charge in [0, 0.05) is 44.4 Å². The molecule has 2 aromatic heterocycles. The van der Waals surface area contributed by atoms with Gasteiger partial charge in [-0.1, -0.05) is 13.8 Å². The van der Waals surface area contributed by atoms with Crippen molar-refractivity contribution in [3.63, 3.8) is 0 Å². The molecule has 0 N–H and O–H groups in total. The molecule has 2 aliphatic heterocycles. The first kappa shape index (κ1) is 19.9. The normalized spacial score (nSPS) is 19.5. The van der Waals surface area contributed by atoms with E-state index in [0.717, 1.165) is 68.2 Å². The highest BCUT2D eigenvalue weighted by Crippen LogP contribution is 2.38. The highest BCUT2D eigenvalue weighted by molar-refractivity contribution is 5.80. The summed E-state index contributed by atoms with van der Waals surface area (Å²) in [6, 6.07) is 2.03. The standard InChI is InChI=1S/C22H32N6O/c1-4-16(5-2)21(29)28-14-8-9-19(28)20-17(15-24-26(20)3)18-10-11-23-22(25-18)27-12-6-7-13-27/h10-11,15-16,19H,4-9,12-14H2,1-3H3/t19-/m1/s1. The zero-order chi connectivity index (χ0) is 20.4. The summed E-state index contributed by atoms with van der Waals surface area (Å²) >= 11 is 0. The Morgan fingerprint density at radius 1 is 1.17 bits per heavy atom. The summed E-state index contributed by atoms with van der Waals surface area (Å²) in [6.45, 7) is 7.07. The minimum absolute atomic E-state index is 0.0656. The van der Waals surface area contributed by atoms with Crippen molar-refractivity contribution < 1.29 is 4.79 Å². The van der Waals surface area contributed by atoms with Crippen molar-refractivity contribution in [2.45, 2.75) is 58.4 Å². The van der Waals surface area contributed by atoms with Crippen molar-refractivity contribution in [1.82, 2.24) is 24.6 Å². The summed E-state index contributed by atoms with van der Waals surface area (Å²) in [6.07, 6.45) is 9.91. The van der Waals surface area contributed by atoms with Gasteiger partial charge in [0.1, 0.15) is 0 Å². The number of aromatic nitrogens is 4. The molecule has 0 saturated carbocycles. The third-order valence-corrected chi connectivity index (χ3v) is 6.48. The molecule has 0 unspecified atom stereocenters. The molecular weight excluding hydrogens is 364 g/mol. The number of hydrogen-bond donors (Lipinski definition) is 0. The molecule has 2 fully saturated rings. The van der Waals surface area contributed by atoms with Gasteiger partial charge in [0.05, 0.1) is 23.6 Å². The smallest absolute Gasteiger partial charge is 0.226 e. The van der Waals surface area contributed by atoms with Crippen LogP contribution in [0.2, 0.25) is 0 Å². The average molecular weight is 397 g/mol. The van der Waals surface area contributed by atoms with Crippen molar-refractivity contribution in [1.29, 1.82) is 0 Å². The third kappa shape index (κ3) is 3.74. The highest BCUT2D eigenvalue weighted by Gasteiger charge is 2.36. The Morgan fingerprint density at radius 2 is 1.93 bits per heavy atom. The molecule has 2 aliphatic rings. The first-order valence-electron chi connectivity index (χ1n) is 11.0. The number of hydrogen-bond acceptors (Lipinski definition) is 5. The Morgan fingerprint density at radius 3 is 2.66 bits per heavy atom. The lowest BCUT2D eigenvalue weighted by atomic mass is 9.99. The summed E-state index contributed by atoms with van der Waals surface area (Å²) in [5.41, 5.74) is 3.00. The van der Waals surface area contributed by atoms with Gasteiger partial charge in [-0.25, -0.2) is 9.97 Å². The van der Waals surface area contributed by atoms with Crippen molar-refractivity contribution in [3.8, 4) is 11.3 Å². The Kier molecular flexibility index (Phi) is 5.83. The van der Waals surface area contributed by atoms with Crippen LogP contribution in [-0.2, 0) is 11.8 Å². The van der Waals surface area contributed by atoms with Crippen molar-refractivity contribution in [3.05, 3.63) is 24.2 Å². The van der Waals surface area contributed by atoms with E-state index in [1.807, 2.05) is 30.2 Å². The van der Waals surface area contributed by atoms with Crippen LogP contribution in [-0.4, -0.2) is 50.2 Å². The molecule has 1 amide bonds. The molecule has 7 heteroatoms. The van der Waals surface area contributed by atoms with Gasteiger partial charge in [0.2, 0.25) is 11.9 Å². The number of rotatable bonds is 6. The summed E-state index contributed by atoms with van der Waals surface area (Å²) in [4.78, 5) is 26.9. The van der Waals surface area contributed by atoms with Crippen LogP contribution >= 0.6 is 0 Å². The molecule has 7 nitrogen and oxygen atoms in total. The maximum atomic E-state index is 13.2. The molecule has 4 heterocycles. The Labute approximate surface area is 173 Å². The molecule has 0 spiro atoms. The van der Waals surface area contributed by atoms with E-state index in [-0.39, 0.29) is 17.9 Å². The first-order chi connectivity index (χ1) is 14.1. The average Bonchev–Trinajstić information content (AvgIpc) is 3.49. The van der Waals surface area contributed by atoms with Crippen molar-refractivity contribution in [2.24, 2.45) is 13.0 Å². The second-order valence-electron chi connectivity index (χ2n) is 8.21. The fourth-order valence-electron chi connectivity index (χ4n) is 4.79. The van der Waals surface area contributed by atoms with E-state index in [2.05, 4.69) is 33.7 Å². The third-order valence-electron chi connectivity index (χ3n) is 6.48. The molecule has 0 bridgehead atoms. The van der Waals surface area contributed by atoms with Crippen LogP contribution in [0.15, 0.2) is 18.5 Å². The monoisotopic (exact) mass is 396 g/mol. The largest absolute Gasteiger partial charge is 0.341 e. The van der Waals surface area contributed by atoms with Gasteiger partial charge in [-0.3, -0.25) is 9.48 Å². The summed E-state index contributed by atoms with van der Waals surface area (Å²) in [5, 5.41) is 4.55. The van der Waals surface area contributed by atoms with Crippen LogP contribution in [0.5, 0.6) is 0 Å². The molecule has 0 radical (unpaired) electrons. The highest BCUT2D eigenvalue weighted by atomic mass is 16.2. The Balaban J connectivity index is 1.67. The minimum Gasteiger partial charge on any atom is -0.341 e. The van der Waals surface area contributed by atoms with Crippen LogP contribution in [0, 0.1) is 5.92 Å². The second-order valence-corrected chi connectivity index (χ2v) is 8.21. The zero-order valence-corrected chi connectivity index (χ0v) is 17.8. The van der Waals surface area contributed by atoms with E-state index in [1.54, 1.807) is 0 Å². The second kappa shape index (κ2) is 8.51. The van der Waals surface area contributed by atoms with Crippen LogP contribution in [0.1, 0.15) is 64.1 Å². The maximum absolute atomic E-state index is 13.2. The summed E-state index contributed by atoms with van der Waals surface area (Å²) in [7, 11) is 1.97. The van der Waals surface area contributed by atoms with Crippen LogP contribution < -0.4 is 4.90 Å². The quantitative estimate of drug-likeness (QED) is 0.747. The maximum Gasteiger partial charge on any atom is 0.226 e. The van der Waals surface area contributed by atoms with Gasteiger partial charge in [-0.15, -0.1) is 0 Å². The predicted molar refractivity (Wildman–Crippen MR) is 113 cm³/mol. The fourth-order valence-corrected chi connectivity index (χ4v) is 4.79. The topological polar surface area (TPSA) is 67.2 Å². The van der Waals surface area contributed by atoms with Crippen LogP contribution in [0.4, 0.5) is 5.95 Å². The van der Waals surface area contributed by atoms with Gasteiger partial charge in [-0.05, 0) is 44.6 Å². The molecule has 29 heavy (non-hydrogen) atoms. The van der Waals surface area contributed by atoms with E-state index in [9.17, 15) is 4.79 Å².